The van der Waals surface area contributed by atoms with Crippen LogP contribution in [0.3, 0.4) is 0 Å². The molecule has 1 aliphatic rings. The molecule has 1 aromatic heterocycles. The number of amides is 1. The van der Waals surface area contributed by atoms with Crippen molar-refractivity contribution in [1.82, 2.24) is 15.2 Å². The molecule has 4 rings (SSSR count). The number of hydrogen-bond acceptors (Lipinski definition) is 7. The van der Waals surface area contributed by atoms with E-state index in [1.807, 2.05) is 48.5 Å². The molecule has 0 aliphatic carbocycles. The lowest BCUT2D eigenvalue weighted by Crippen LogP contribution is -2.36. The highest BCUT2D eigenvalue weighted by molar-refractivity contribution is 7.99. The summed E-state index contributed by atoms with van der Waals surface area (Å²) in [5.41, 5.74) is 2.80. The summed E-state index contributed by atoms with van der Waals surface area (Å²) >= 11 is 1.54. The Kier molecular flexibility index (Phi) is 7.13. The van der Waals surface area contributed by atoms with Crippen molar-refractivity contribution < 1.29 is 14.3 Å². The number of aromatic nitrogens is 3. The summed E-state index contributed by atoms with van der Waals surface area (Å²) in [6.45, 7) is 8.54. The highest BCUT2D eigenvalue weighted by atomic mass is 32.2. The Morgan fingerprint density at radius 2 is 1.91 bits per heavy atom. The monoisotopic (exact) mass is 464 g/mol. The molecule has 0 radical (unpaired) electrons. The Hall–Kier alpha value is -3.13. The Morgan fingerprint density at radius 1 is 1.15 bits per heavy atom. The molecule has 7 nitrogen and oxygen atoms in total. The summed E-state index contributed by atoms with van der Waals surface area (Å²) in [5, 5.41) is 9.32. The molecule has 0 bridgehead atoms. The van der Waals surface area contributed by atoms with Crippen molar-refractivity contribution in [2.75, 3.05) is 17.3 Å². The van der Waals surface area contributed by atoms with E-state index in [0.29, 0.717) is 34.9 Å². The van der Waals surface area contributed by atoms with E-state index in [9.17, 15) is 4.79 Å². The van der Waals surface area contributed by atoms with Crippen molar-refractivity contribution in [3.63, 3.8) is 0 Å². The van der Waals surface area contributed by atoms with Gasteiger partial charge in [0.1, 0.15) is 5.75 Å². The number of carbonyl (C=O) groups is 1. The maximum atomic E-state index is 12.9. The van der Waals surface area contributed by atoms with Gasteiger partial charge in [0.2, 0.25) is 23.2 Å². The van der Waals surface area contributed by atoms with E-state index in [4.69, 9.17) is 9.47 Å². The zero-order valence-corrected chi connectivity index (χ0v) is 20.1. The van der Waals surface area contributed by atoms with Crippen molar-refractivity contribution in [2.45, 2.75) is 45.5 Å². The van der Waals surface area contributed by atoms with E-state index in [-0.39, 0.29) is 5.91 Å². The SMILES string of the molecule is CCCOc1ccc(C2Oc3nc(SCC(C)C)nnc3-c3ccccc3N2C(C)=O)cc1. The molecule has 0 N–H and O–H groups in total. The lowest BCUT2D eigenvalue weighted by Gasteiger charge is -2.30. The third kappa shape index (κ3) is 5.11. The van der Waals surface area contributed by atoms with Crippen LogP contribution in [0.2, 0.25) is 0 Å². The Bertz CT molecular complexity index is 1120. The van der Waals surface area contributed by atoms with E-state index in [2.05, 4.69) is 36.0 Å². The second-order valence-corrected chi connectivity index (χ2v) is 9.23. The molecule has 172 valence electrons. The minimum absolute atomic E-state index is 0.145. The van der Waals surface area contributed by atoms with Crippen LogP contribution >= 0.6 is 11.8 Å². The average Bonchev–Trinajstić information content (AvgIpc) is 2.96. The largest absolute Gasteiger partial charge is 0.494 e. The molecule has 0 saturated carbocycles. The first kappa shape index (κ1) is 23.0. The number of hydrogen-bond donors (Lipinski definition) is 0. The second-order valence-electron chi connectivity index (χ2n) is 8.25. The molecule has 3 aromatic rings. The van der Waals surface area contributed by atoms with Crippen molar-refractivity contribution in [3.05, 3.63) is 54.1 Å². The number of ether oxygens (including phenoxy) is 2. The van der Waals surface area contributed by atoms with Gasteiger partial charge in [0.25, 0.3) is 0 Å². The standard InChI is InChI=1S/C25H28N4O3S/c1-5-14-31-19-12-10-18(11-13-19)24-29(17(4)30)21-9-7-6-8-20(21)22-23(32-24)26-25(28-27-22)33-15-16(2)3/h6-13,16,24H,5,14-15H2,1-4H3. The number of anilines is 1. The quantitative estimate of drug-likeness (QED) is 0.426. The van der Waals surface area contributed by atoms with Gasteiger partial charge in [0, 0.05) is 23.8 Å². The van der Waals surface area contributed by atoms with E-state index >= 15 is 0 Å². The zero-order valence-electron chi connectivity index (χ0n) is 19.3. The lowest BCUT2D eigenvalue weighted by atomic mass is 10.1. The molecule has 0 fully saturated rings. The normalized spacial score (nSPS) is 14.8. The van der Waals surface area contributed by atoms with Gasteiger partial charge < -0.3 is 9.47 Å². The molecular formula is C25H28N4O3S. The maximum Gasteiger partial charge on any atom is 0.247 e. The van der Waals surface area contributed by atoms with Gasteiger partial charge in [0.15, 0.2) is 5.69 Å². The summed E-state index contributed by atoms with van der Waals surface area (Å²) in [5.74, 6) is 2.37. The van der Waals surface area contributed by atoms with Crippen LogP contribution in [-0.4, -0.2) is 33.4 Å². The number of nitrogens with zero attached hydrogens (tertiary/aromatic N) is 4. The predicted molar refractivity (Wildman–Crippen MR) is 130 cm³/mol. The first-order valence-corrected chi connectivity index (χ1v) is 12.1. The van der Waals surface area contributed by atoms with Crippen molar-refractivity contribution >= 4 is 23.4 Å². The van der Waals surface area contributed by atoms with Crippen molar-refractivity contribution in [2.24, 2.45) is 5.92 Å². The molecule has 1 atom stereocenters. The molecule has 0 spiro atoms. The molecule has 1 unspecified atom stereocenters. The number of para-hydroxylation sites is 1. The molecular weight excluding hydrogens is 436 g/mol. The minimum atomic E-state index is -0.704. The lowest BCUT2D eigenvalue weighted by molar-refractivity contribution is -0.118. The third-order valence-corrected chi connectivity index (χ3v) is 6.30. The highest BCUT2D eigenvalue weighted by Gasteiger charge is 2.34. The summed E-state index contributed by atoms with van der Waals surface area (Å²) < 4.78 is 12.1. The third-order valence-electron chi connectivity index (χ3n) is 5.03. The minimum Gasteiger partial charge on any atom is -0.494 e. The molecule has 1 aliphatic heterocycles. The Labute approximate surface area is 198 Å². The van der Waals surface area contributed by atoms with E-state index in [0.717, 1.165) is 29.1 Å². The van der Waals surface area contributed by atoms with Gasteiger partial charge in [-0.25, -0.2) is 0 Å². The van der Waals surface area contributed by atoms with Gasteiger partial charge in [0.05, 0.1) is 12.3 Å². The van der Waals surface area contributed by atoms with Gasteiger partial charge in [-0.2, -0.15) is 4.98 Å². The number of thioether (sulfide) groups is 1. The first-order valence-electron chi connectivity index (χ1n) is 11.1. The van der Waals surface area contributed by atoms with E-state index in [1.165, 1.54) is 6.92 Å². The topological polar surface area (TPSA) is 77.4 Å². The number of benzene rings is 2. The summed E-state index contributed by atoms with van der Waals surface area (Å²) in [6, 6.07) is 15.2. The second kappa shape index (κ2) is 10.2. The van der Waals surface area contributed by atoms with Gasteiger partial charge in [-0.1, -0.05) is 50.7 Å². The van der Waals surface area contributed by atoms with Gasteiger partial charge in [-0.05, 0) is 42.7 Å². The first-order chi connectivity index (χ1) is 16.0. The smallest absolute Gasteiger partial charge is 0.247 e. The van der Waals surface area contributed by atoms with E-state index < -0.39 is 6.23 Å². The zero-order chi connectivity index (χ0) is 23.4. The highest BCUT2D eigenvalue weighted by Crippen LogP contribution is 2.43. The van der Waals surface area contributed by atoms with Crippen molar-refractivity contribution in [3.8, 4) is 22.9 Å². The molecule has 2 aromatic carbocycles. The van der Waals surface area contributed by atoms with Crippen LogP contribution in [0.15, 0.2) is 53.7 Å². The van der Waals surface area contributed by atoms with Crippen LogP contribution < -0.4 is 14.4 Å². The summed E-state index contributed by atoms with van der Waals surface area (Å²) in [6.07, 6.45) is 0.230. The molecule has 8 heteroatoms. The molecule has 0 saturated heterocycles. The van der Waals surface area contributed by atoms with Crippen LogP contribution in [0.1, 0.15) is 45.9 Å². The van der Waals surface area contributed by atoms with Crippen molar-refractivity contribution in [1.29, 1.82) is 0 Å². The van der Waals surface area contributed by atoms with Crippen LogP contribution in [0, 0.1) is 5.92 Å². The average molecular weight is 465 g/mol. The fourth-order valence-electron chi connectivity index (χ4n) is 3.52. The predicted octanol–water partition coefficient (Wildman–Crippen LogP) is 5.52. The fourth-order valence-corrected chi connectivity index (χ4v) is 4.25. The Morgan fingerprint density at radius 3 is 2.61 bits per heavy atom. The Balaban J connectivity index is 1.79. The van der Waals surface area contributed by atoms with Crippen LogP contribution in [-0.2, 0) is 4.79 Å². The van der Waals surface area contributed by atoms with Gasteiger partial charge in [-0.3, -0.25) is 9.69 Å². The number of fused-ring (bicyclic) bond motifs is 3. The van der Waals surface area contributed by atoms with Gasteiger partial charge >= 0.3 is 0 Å². The molecule has 2 heterocycles. The molecule has 33 heavy (non-hydrogen) atoms. The fraction of sp³-hybridized carbons (Fsp3) is 0.360. The van der Waals surface area contributed by atoms with Gasteiger partial charge in [-0.15, -0.1) is 10.2 Å². The number of carbonyl (C=O) groups excluding carboxylic acids is 1. The maximum absolute atomic E-state index is 12.9. The van der Waals surface area contributed by atoms with Crippen LogP contribution in [0.4, 0.5) is 5.69 Å². The van der Waals surface area contributed by atoms with Crippen LogP contribution in [0.5, 0.6) is 11.6 Å². The summed E-state index contributed by atoms with van der Waals surface area (Å²) in [4.78, 5) is 19.2. The summed E-state index contributed by atoms with van der Waals surface area (Å²) in [7, 11) is 0. The van der Waals surface area contributed by atoms with E-state index in [1.54, 1.807) is 16.7 Å². The number of rotatable bonds is 7. The van der Waals surface area contributed by atoms with Crippen LogP contribution in [0.25, 0.3) is 11.3 Å². The molecule has 1 amide bonds.